The molecule has 2 fully saturated rings. The van der Waals surface area contributed by atoms with E-state index in [1.165, 1.54) is 5.56 Å². The van der Waals surface area contributed by atoms with Crippen molar-refractivity contribution in [3.63, 3.8) is 0 Å². The number of nitrogens with one attached hydrogen (secondary N) is 1. The number of nitrogens with zero attached hydrogens (tertiary/aromatic N) is 4. The van der Waals surface area contributed by atoms with Crippen molar-refractivity contribution in [3.05, 3.63) is 48.3 Å². The van der Waals surface area contributed by atoms with Crippen LogP contribution in [0.15, 0.2) is 42.7 Å². The van der Waals surface area contributed by atoms with E-state index in [0.29, 0.717) is 5.92 Å². The Labute approximate surface area is 165 Å². The number of hydrogen-bond donors (Lipinski definition) is 1. The summed E-state index contributed by atoms with van der Waals surface area (Å²) in [6.45, 7) is 1.52. The van der Waals surface area contributed by atoms with Crippen LogP contribution in [-0.4, -0.2) is 33.9 Å². The predicted octanol–water partition coefficient (Wildman–Crippen LogP) is 3.70. The van der Waals surface area contributed by atoms with Crippen molar-refractivity contribution in [1.82, 2.24) is 14.9 Å². The molecule has 1 saturated heterocycles. The van der Waals surface area contributed by atoms with Crippen molar-refractivity contribution in [2.45, 2.75) is 38.5 Å². The summed E-state index contributed by atoms with van der Waals surface area (Å²) in [6, 6.07) is 12.1. The normalized spacial score (nSPS) is 20.7. The Morgan fingerprint density at radius 1 is 1.21 bits per heavy atom. The molecule has 1 amide bonds. The highest BCUT2D eigenvalue weighted by molar-refractivity contribution is 5.86. The van der Waals surface area contributed by atoms with Gasteiger partial charge < -0.3 is 10.2 Å². The molecule has 1 aliphatic carbocycles. The van der Waals surface area contributed by atoms with E-state index in [2.05, 4.69) is 27.4 Å². The Balaban J connectivity index is 1.39. The lowest BCUT2D eigenvalue weighted by atomic mass is 9.68. The van der Waals surface area contributed by atoms with Crippen molar-refractivity contribution >= 4 is 17.5 Å². The van der Waals surface area contributed by atoms with Crippen LogP contribution < -0.4 is 5.32 Å². The maximum absolute atomic E-state index is 12.9. The minimum absolute atomic E-state index is 0.0539. The lowest BCUT2D eigenvalue weighted by Gasteiger charge is -2.41. The standard InChI is InChI=1S/C22H25N5O/c23-16-22(8-4-9-22)21(28)27-12-3-5-18(15-27)13-17-7-11-25-20(14-17)26-19-6-1-2-10-24-19/h1-2,6-7,10-11,14,18H,3-5,8-9,12-13,15H2,(H,24,25,26). The summed E-state index contributed by atoms with van der Waals surface area (Å²) in [5.74, 6) is 2.01. The molecule has 1 aliphatic heterocycles. The molecule has 6 heteroatoms. The fourth-order valence-corrected chi connectivity index (χ4v) is 4.19. The lowest BCUT2D eigenvalue weighted by molar-refractivity contribution is -0.144. The minimum Gasteiger partial charge on any atom is -0.341 e. The Morgan fingerprint density at radius 2 is 2.07 bits per heavy atom. The average molecular weight is 375 g/mol. The molecule has 0 bridgehead atoms. The molecule has 28 heavy (non-hydrogen) atoms. The van der Waals surface area contributed by atoms with Crippen LogP contribution in [0.5, 0.6) is 0 Å². The molecule has 4 rings (SSSR count). The fourth-order valence-electron chi connectivity index (χ4n) is 4.19. The van der Waals surface area contributed by atoms with Gasteiger partial charge >= 0.3 is 0 Å². The van der Waals surface area contributed by atoms with E-state index in [1.54, 1.807) is 6.20 Å². The third-order valence-corrected chi connectivity index (χ3v) is 5.91. The molecule has 1 N–H and O–H groups in total. The van der Waals surface area contributed by atoms with Crippen molar-refractivity contribution in [1.29, 1.82) is 5.26 Å². The highest BCUT2D eigenvalue weighted by atomic mass is 16.2. The summed E-state index contributed by atoms with van der Waals surface area (Å²) in [7, 11) is 0. The number of piperidine rings is 1. The molecule has 2 aromatic heterocycles. The van der Waals surface area contributed by atoms with Gasteiger partial charge in [0.05, 0.1) is 6.07 Å². The van der Waals surface area contributed by atoms with Gasteiger partial charge in [0, 0.05) is 25.5 Å². The van der Waals surface area contributed by atoms with Crippen molar-refractivity contribution < 1.29 is 4.79 Å². The number of rotatable bonds is 5. The van der Waals surface area contributed by atoms with Gasteiger partial charge in [-0.1, -0.05) is 6.07 Å². The van der Waals surface area contributed by atoms with Gasteiger partial charge in [-0.15, -0.1) is 0 Å². The average Bonchev–Trinajstić information content (AvgIpc) is 2.69. The minimum atomic E-state index is -0.738. The smallest absolute Gasteiger partial charge is 0.243 e. The van der Waals surface area contributed by atoms with Crippen LogP contribution in [-0.2, 0) is 11.2 Å². The quantitative estimate of drug-likeness (QED) is 0.862. The molecule has 1 atom stereocenters. The summed E-state index contributed by atoms with van der Waals surface area (Å²) in [6.07, 6.45) is 8.99. The highest BCUT2D eigenvalue weighted by Gasteiger charge is 2.47. The number of aromatic nitrogens is 2. The number of carbonyl (C=O) groups is 1. The molecular weight excluding hydrogens is 350 g/mol. The summed E-state index contributed by atoms with van der Waals surface area (Å²) in [4.78, 5) is 23.5. The van der Waals surface area contributed by atoms with E-state index >= 15 is 0 Å². The Kier molecular flexibility index (Phi) is 5.25. The molecule has 0 spiro atoms. The zero-order chi connectivity index (χ0) is 19.4. The largest absolute Gasteiger partial charge is 0.341 e. The maximum Gasteiger partial charge on any atom is 0.243 e. The molecule has 0 aromatic carbocycles. The Hall–Kier alpha value is -2.94. The molecular formula is C22H25N5O. The van der Waals surface area contributed by atoms with Gasteiger partial charge in [0.25, 0.3) is 0 Å². The predicted molar refractivity (Wildman–Crippen MR) is 107 cm³/mol. The number of carbonyl (C=O) groups excluding carboxylic acids is 1. The van der Waals surface area contributed by atoms with Crippen LogP contribution in [0.4, 0.5) is 11.6 Å². The molecule has 3 heterocycles. The van der Waals surface area contributed by atoms with Crippen LogP contribution >= 0.6 is 0 Å². The number of amides is 1. The van der Waals surface area contributed by atoms with E-state index < -0.39 is 5.41 Å². The van der Waals surface area contributed by atoms with E-state index in [4.69, 9.17) is 0 Å². The van der Waals surface area contributed by atoms with Gasteiger partial charge in [0.2, 0.25) is 5.91 Å². The van der Waals surface area contributed by atoms with Gasteiger partial charge in [-0.05, 0) is 74.3 Å². The van der Waals surface area contributed by atoms with E-state index in [-0.39, 0.29) is 5.91 Å². The van der Waals surface area contributed by atoms with Crippen LogP contribution in [0.2, 0.25) is 0 Å². The second kappa shape index (κ2) is 7.97. The summed E-state index contributed by atoms with van der Waals surface area (Å²) in [5, 5.41) is 12.7. The zero-order valence-electron chi connectivity index (χ0n) is 16.0. The first-order valence-electron chi connectivity index (χ1n) is 10.0. The molecule has 6 nitrogen and oxygen atoms in total. The fraction of sp³-hybridized carbons (Fsp3) is 0.455. The summed E-state index contributed by atoms with van der Waals surface area (Å²) in [5.41, 5.74) is 0.463. The number of nitriles is 1. The third kappa shape index (κ3) is 3.84. The first-order chi connectivity index (χ1) is 13.7. The van der Waals surface area contributed by atoms with Gasteiger partial charge in [-0.3, -0.25) is 4.79 Å². The molecule has 2 aromatic rings. The number of anilines is 2. The van der Waals surface area contributed by atoms with Gasteiger partial charge in [-0.25, -0.2) is 9.97 Å². The third-order valence-electron chi connectivity index (χ3n) is 5.91. The molecule has 0 radical (unpaired) electrons. The molecule has 1 unspecified atom stereocenters. The lowest BCUT2D eigenvalue weighted by Crippen LogP contribution is -2.50. The van der Waals surface area contributed by atoms with Crippen molar-refractivity contribution in [2.24, 2.45) is 11.3 Å². The first kappa shape index (κ1) is 18.4. The number of pyridine rings is 2. The van der Waals surface area contributed by atoms with Crippen molar-refractivity contribution in [3.8, 4) is 6.07 Å². The zero-order valence-corrected chi connectivity index (χ0v) is 16.0. The monoisotopic (exact) mass is 375 g/mol. The molecule has 144 valence electrons. The SMILES string of the molecule is N#CC1(C(=O)N2CCCC(Cc3ccnc(Nc4ccccn4)c3)C2)CCC1. The second-order valence-electron chi connectivity index (χ2n) is 7.90. The van der Waals surface area contributed by atoms with Gasteiger partial charge in [0.15, 0.2) is 0 Å². The van der Waals surface area contributed by atoms with Crippen LogP contribution in [0.3, 0.4) is 0 Å². The molecule has 1 saturated carbocycles. The number of likely N-dealkylation sites (tertiary alicyclic amines) is 1. The van der Waals surface area contributed by atoms with Gasteiger partial charge in [0.1, 0.15) is 17.1 Å². The van der Waals surface area contributed by atoms with Crippen molar-refractivity contribution in [2.75, 3.05) is 18.4 Å². The van der Waals surface area contributed by atoms with Crippen LogP contribution in [0.1, 0.15) is 37.7 Å². The number of hydrogen-bond acceptors (Lipinski definition) is 5. The molecule has 2 aliphatic rings. The maximum atomic E-state index is 12.9. The first-order valence-corrected chi connectivity index (χ1v) is 10.0. The summed E-state index contributed by atoms with van der Waals surface area (Å²) < 4.78 is 0. The van der Waals surface area contributed by atoms with Crippen LogP contribution in [0, 0.1) is 22.7 Å². The Bertz CT molecular complexity index is 872. The van der Waals surface area contributed by atoms with Crippen LogP contribution in [0.25, 0.3) is 0 Å². The van der Waals surface area contributed by atoms with Gasteiger partial charge in [-0.2, -0.15) is 5.26 Å². The van der Waals surface area contributed by atoms with E-state index in [1.807, 2.05) is 35.4 Å². The van der Waals surface area contributed by atoms with E-state index in [0.717, 1.165) is 63.3 Å². The Morgan fingerprint density at radius 3 is 2.79 bits per heavy atom. The summed E-state index contributed by atoms with van der Waals surface area (Å²) >= 11 is 0. The topological polar surface area (TPSA) is 81.9 Å². The second-order valence-corrected chi connectivity index (χ2v) is 7.90. The highest BCUT2D eigenvalue weighted by Crippen LogP contribution is 2.42. The van der Waals surface area contributed by atoms with E-state index in [9.17, 15) is 10.1 Å².